The van der Waals surface area contributed by atoms with Crippen LogP contribution in [0.3, 0.4) is 0 Å². The summed E-state index contributed by atoms with van der Waals surface area (Å²) >= 11 is 0. The second-order valence-electron chi connectivity index (χ2n) is 11.0. The highest BCUT2D eigenvalue weighted by atomic mass is 19.4. The zero-order chi connectivity index (χ0) is 31.6. The standard InChI is InChI=1S/C32H32F3N5O5/c33-32(34,35)24-16-23(18-26(20-24)39-10-14-45-15-11-39)30(41)36-25-3-1-2-21(17-25)22-4-5-27-28(19-22)40(37-29(27)31(42)43)7-6-38-8-12-44-13-9-38/h1-5,16-20H,6-15H2,(H,36,41)(H,42,43). The van der Waals surface area contributed by atoms with Crippen molar-refractivity contribution < 1.29 is 37.3 Å². The van der Waals surface area contributed by atoms with E-state index in [4.69, 9.17) is 9.47 Å². The number of benzene rings is 3. The van der Waals surface area contributed by atoms with E-state index in [9.17, 15) is 27.9 Å². The summed E-state index contributed by atoms with van der Waals surface area (Å²) in [5, 5.41) is 17.4. The number of hydrogen-bond donors (Lipinski definition) is 2. The number of aromatic carboxylic acids is 1. The van der Waals surface area contributed by atoms with Crippen molar-refractivity contribution in [3.8, 4) is 11.1 Å². The molecule has 13 heteroatoms. The normalized spacial score (nSPS) is 16.2. The number of carboxylic acids is 1. The first-order valence-corrected chi connectivity index (χ1v) is 14.7. The van der Waals surface area contributed by atoms with Crippen LogP contribution in [0, 0.1) is 0 Å². The van der Waals surface area contributed by atoms with Crippen molar-refractivity contribution in [3.63, 3.8) is 0 Å². The van der Waals surface area contributed by atoms with Crippen molar-refractivity contribution in [2.75, 3.05) is 69.4 Å². The van der Waals surface area contributed by atoms with Crippen molar-refractivity contribution >= 4 is 34.2 Å². The lowest BCUT2D eigenvalue weighted by atomic mass is 10.0. The van der Waals surface area contributed by atoms with Gasteiger partial charge in [-0.2, -0.15) is 18.3 Å². The highest BCUT2D eigenvalue weighted by Crippen LogP contribution is 2.34. The minimum atomic E-state index is -4.62. The van der Waals surface area contributed by atoms with Crippen molar-refractivity contribution in [2.45, 2.75) is 12.7 Å². The van der Waals surface area contributed by atoms with Gasteiger partial charge >= 0.3 is 12.1 Å². The molecule has 6 rings (SSSR count). The fourth-order valence-corrected chi connectivity index (χ4v) is 5.63. The summed E-state index contributed by atoms with van der Waals surface area (Å²) in [5.41, 5.74) is 1.82. The third-order valence-corrected chi connectivity index (χ3v) is 8.02. The molecule has 0 aliphatic carbocycles. The summed E-state index contributed by atoms with van der Waals surface area (Å²) in [4.78, 5) is 29.2. The van der Waals surface area contributed by atoms with Gasteiger partial charge < -0.3 is 24.8 Å². The molecule has 1 amide bonds. The molecule has 3 heterocycles. The Morgan fingerprint density at radius 3 is 2.29 bits per heavy atom. The number of amides is 1. The number of carbonyl (C=O) groups excluding carboxylic acids is 1. The first-order chi connectivity index (χ1) is 21.7. The Bertz CT molecular complexity index is 1710. The number of alkyl halides is 3. The molecule has 0 bridgehead atoms. The summed E-state index contributed by atoms with van der Waals surface area (Å²) in [7, 11) is 0. The van der Waals surface area contributed by atoms with E-state index < -0.39 is 23.6 Å². The van der Waals surface area contributed by atoms with Gasteiger partial charge in [-0.3, -0.25) is 14.4 Å². The summed E-state index contributed by atoms with van der Waals surface area (Å²) < 4.78 is 53.7. The van der Waals surface area contributed by atoms with Gasteiger partial charge in [0.25, 0.3) is 5.91 Å². The van der Waals surface area contributed by atoms with Crippen LogP contribution < -0.4 is 10.2 Å². The second-order valence-corrected chi connectivity index (χ2v) is 11.0. The molecule has 0 unspecified atom stereocenters. The summed E-state index contributed by atoms with van der Waals surface area (Å²) in [6.45, 7) is 5.71. The zero-order valence-corrected chi connectivity index (χ0v) is 24.3. The van der Waals surface area contributed by atoms with Gasteiger partial charge in [0.05, 0.1) is 44.1 Å². The van der Waals surface area contributed by atoms with Gasteiger partial charge in [0.2, 0.25) is 0 Å². The van der Waals surface area contributed by atoms with Crippen LogP contribution in [-0.4, -0.2) is 90.8 Å². The fraction of sp³-hybridized carbons (Fsp3) is 0.344. The first-order valence-electron chi connectivity index (χ1n) is 14.7. The van der Waals surface area contributed by atoms with Crippen molar-refractivity contribution in [3.05, 3.63) is 77.5 Å². The van der Waals surface area contributed by atoms with E-state index in [1.807, 2.05) is 12.1 Å². The van der Waals surface area contributed by atoms with Crippen molar-refractivity contribution in [1.82, 2.24) is 14.7 Å². The van der Waals surface area contributed by atoms with E-state index in [1.165, 1.54) is 6.07 Å². The smallest absolute Gasteiger partial charge is 0.416 e. The van der Waals surface area contributed by atoms with Gasteiger partial charge in [-0.1, -0.05) is 18.2 Å². The summed E-state index contributed by atoms with van der Waals surface area (Å²) in [6.07, 6.45) is -4.62. The van der Waals surface area contributed by atoms with Gasteiger partial charge in [0.1, 0.15) is 0 Å². The van der Waals surface area contributed by atoms with Crippen LogP contribution in [0.5, 0.6) is 0 Å². The largest absolute Gasteiger partial charge is 0.476 e. The number of aromatic nitrogens is 2. The molecule has 0 atom stereocenters. The lowest BCUT2D eigenvalue weighted by Crippen LogP contribution is -2.38. The van der Waals surface area contributed by atoms with Crippen LogP contribution in [0.25, 0.3) is 22.0 Å². The Morgan fingerprint density at radius 1 is 0.867 bits per heavy atom. The molecule has 2 N–H and O–H groups in total. The Balaban J connectivity index is 1.26. The zero-order valence-electron chi connectivity index (χ0n) is 24.3. The number of anilines is 2. The number of rotatable bonds is 8. The van der Waals surface area contributed by atoms with Crippen LogP contribution in [0.2, 0.25) is 0 Å². The third kappa shape index (κ3) is 6.95. The minimum absolute atomic E-state index is 0.0305. The van der Waals surface area contributed by atoms with E-state index in [-0.39, 0.29) is 11.3 Å². The molecule has 3 aromatic carbocycles. The van der Waals surface area contributed by atoms with Crippen molar-refractivity contribution in [2.24, 2.45) is 0 Å². The molecular weight excluding hydrogens is 591 g/mol. The monoisotopic (exact) mass is 623 g/mol. The van der Waals surface area contributed by atoms with Gasteiger partial charge in [-0.15, -0.1) is 0 Å². The highest BCUT2D eigenvalue weighted by Gasteiger charge is 2.32. The number of nitrogens with zero attached hydrogens (tertiary/aromatic N) is 4. The fourth-order valence-electron chi connectivity index (χ4n) is 5.63. The van der Waals surface area contributed by atoms with Crippen molar-refractivity contribution in [1.29, 1.82) is 0 Å². The average molecular weight is 624 g/mol. The van der Waals surface area contributed by atoms with E-state index in [2.05, 4.69) is 15.3 Å². The van der Waals surface area contributed by atoms with E-state index in [0.717, 1.165) is 36.3 Å². The Morgan fingerprint density at radius 2 is 1.58 bits per heavy atom. The lowest BCUT2D eigenvalue weighted by molar-refractivity contribution is -0.137. The topological polar surface area (TPSA) is 109 Å². The maximum absolute atomic E-state index is 13.8. The third-order valence-electron chi connectivity index (χ3n) is 8.02. The molecule has 0 spiro atoms. The number of nitrogens with one attached hydrogen (secondary N) is 1. The predicted molar refractivity (Wildman–Crippen MR) is 162 cm³/mol. The molecule has 4 aromatic rings. The number of halogens is 3. The number of fused-ring (bicyclic) bond motifs is 1. The molecule has 10 nitrogen and oxygen atoms in total. The lowest BCUT2D eigenvalue weighted by Gasteiger charge is -2.29. The molecule has 45 heavy (non-hydrogen) atoms. The molecule has 1 aromatic heterocycles. The molecule has 0 radical (unpaired) electrons. The summed E-state index contributed by atoms with van der Waals surface area (Å²) in [6, 6.07) is 15.7. The van der Waals surface area contributed by atoms with Gasteiger partial charge in [-0.25, -0.2) is 4.79 Å². The quantitative estimate of drug-likeness (QED) is 0.287. The summed E-state index contributed by atoms with van der Waals surface area (Å²) in [5.74, 6) is -1.79. The molecule has 2 fully saturated rings. The average Bonchev–Trinajstić information content (AvgIpc) is 3.42. The van der Waals surface area contributed by atoms with E-state index in [1.54, 1.807) is 39.9 Å². The van der Waals surface area contributed by atoms with Crippen LogP contribution >= 0.6 is 0 Å². The maximum Gasteiger partial charge on any atom is 0.416 e. The van der Waals surface area contributed by atoms with Crippen LogP contribution in [0.1, 0.15) is 26.4 Å². The molecular formula is C32H32F3N5O5. The number of carboxylic acid groups (broad SMARTS) is 1. The number of hydrogen-bond acceptors (Lipinski definition) is 7. The van der Waals surface area contributed by atoms with E-state index >= 15 is 0 Å². The van der Waals surface area contributed by atoms with Gasteiger partial charge in [0.15, 0.2) is 5.69 Å². The number of morpholine rings is 2. The molecule has 2 saturated heterocycles. The first kappa shape index (κ1) is 30.6. The molecule has 236 valence electrons. The van der Waals surface area contributed by atoms with Crippen LogP contribution in [-0.2, 0) is 22.2 Å². The minimum Gasteiger partial charge on any atom is -0.476 e. The Hall–Kier alpha value is -4.46. The predicted octanol–water partition coefficient (Wildman–Crippen LogP) is 4.84. The maximum atomic E-state index is 13.8. The SMILES string of the molecule is O=C(Nc1cccc(-c2ccc3c(C(=O)O)nn(CCN4CCOCC4)c3c2)c1)c1cc(N2CCOCC2)cc(C(F)(F)F)c1. The van der Waals surface area contributed by atoms with E-state index in [0.29, 0.717) is 74.9 Å². The number of carbonyl (C=O) groups is 2. The molecule has 2 aliphatic heterocycles. The highest BCUT2D eigenvalue weighted by molar-refractivity contribution is 6.05. The Kier molecular flexibility index (Phi) is 8.74. The second kappa shape index (κ2) is 12.9. The van der Waals surface area contributed by atoms with Gasteiger partial charge in [-0.05, 0) is 53.6 Å². The molecule has 2 aliphatic rings. The van der Waals surface area contributed by atoms with Crippen LogP contribution in [0.15, 0.2) is 60.7 Å². The molecule has 0 saturated carbocycles. The Labute approximate surface area is 256 Å². The van der Waals surface area contributed by atoms with Gasteiger partial charge in [0, 0.05) is 55.0 Å². The van der Waals surface area contributed by atoms with Crippen LogP contribution in [0.4, 0.5) is 24.5 Å². The number of ether oxygens (including phenoxy) is 2.